The minimum atomic E-state index is -4.51. The Morgan fingerprint density at radius 2 is 1.64 bits per heavy atom. The van der Waals surface area contributed by atoms with Gasteiger partial charge in [-0.25, -0.2) is 10.5 Å². The van der Waals surface area contributed by atoms with Gasteiger partial charge in [0.25, 0.3) is 0 Å². The lowest BCUT2D eigenvalue weighted by Gasteiger charge is -2.14. The van der Waals surface area contributed by atoms with Gasteiger partial charge >= 0.3 is 6.18 Å². The van der Waals surface area contributed by atoms with E-state index in [-0.39, 0.29) is 5.75 Å². The Morgan fingerprint density at radius 1 is 1.04 bits per heavy atom. The molecule has 2 rings (SSSR count). The fraction of sp³-hybridized carbons (Fsp3) is 0.118. The predicted octanol–water partition coefficient (Wildman–Crippen LogP) is 4.33. The molecule has 0 amide bonds. The molecule has 0 unspecified atom stereocenters. The fourth-order valence-corrected chi connectivity index (χ4v) is 1.69. The van der Waals surface area contributed by atoms with Crippen LogP contribution >= 0.6 is 0 Å². The maximum atomic E-state index is 13.1. The molecule has 0 aliphatic rings. The molecule has 0 spiro atoms. The van der Waals surface area contributed by atoms with Gasteiger partial charge < -0.3 is 10.2 Å². The zero-order valence-corrected chi connectivity index (χ0v) is 13.2. The molecular weight excluding hydrogens is 333 g/mol. The van der Waals surface area contributed by atoms with Crippen LogP contribution in [0.5, 0.6) is 11.5 Å². The van der Waals surface area contributed by atoms with Crippen molar-refractivity contribution >= 4 is 6.21 Å². The number of rotatable bonds is 4. The lowest BCUT2D eigenvalue weighted by Crippen LogP contribution is -2.08. The van der Waals surface area contributed by atoms with Gasteiger partial charge in [-0.1, -0.05) is 18.2 Å². The Hall–Kier alpha value is -3.52. The summed E-state index contributed by atoms with van der Waals surface area (Å²) in [5.41, 5.74) is 1.98. The lowest BCUT2D eigenvalue weighted by molar-refractivity contribution is -0.138. The van der Waals surface area contributed by atoms with Crippen LogP contribution in [0.15, 0.2) is 53.6 Å². The van der Waals surface area contributed by atoms with E-state index < -0.39 is 11.7 Å². The second-order valence-corrected chi connectivity index (χ2v) is 4.15. The number of ether oxygens (including phenoxy) is 1. The molecule has 5 nitrogen and oxygen atoms in total. The second-order valence-electron chi connectivity index (χ2n) is 4.15. The first-order valence-corrected chi connectivity index (χ1v) is 6.66. The molecule has 0 aliphatic carbocycles. The van der Waals surface area contributed by atoms with Crippen molar-refractivity contribution in [2.45, 2.75) is 6.18 Å². The van der Waals surface area contributed by atoms with Crippen molar-refractivity contribution in [3.63, 3.8) is 0 Å². The summed E-state index contributed by atoms with van der Waals surface area (Å²) in [6.07, 6.45) is -3.20. The average Bonchev–Trinajstić information content (AvgIpc) is 2.64. The van der Waals surface area contributed by atoms with E-state index in [0.717, 1.165) is 6.07 Å². The zero-order valence-electron chi connectivity index (χ0n) is 13.2. The maximum absolute atomic E-state index is 13.1. The summed E-state index contributed by atoms with van der Waals surface area (Å²) in [6.45, 7) is 7.00. The van der Waals surface area contributed by atoms with Crippen LogP contribution in [0.2, 0.25) is 0 Å². The van der Waals surface area contributed by atoms with Gasteiger partial charge in [0.2, 0.25) is 0 Å². The van der Waals surface area contributed by atoms with Gasteiger partial charge in [0.1, 0.15) is 11.5 Å². The lowest BCUT2D eigenvalue weighted by atomic mass is 10.1. The van der Waals surface area contributed by atoms with E-state index in [1.165, 1.54) is 18.3 Å². The van der Waals surface area contributed by atoms with E-state index in [4.69, 9.17) is 15.3 Å². The average molecular weight is 348 g/mol. The quantitative estimate of drug-likeness (QED) is 0.659. The molecule has 0 aliphatic heterocycles. The number of halogens is 3. The van der Waals surface area contributed by atoms with Crippen LogP contribution in [-0.2, 0) is 6.18 Å². The van der Waals surface area contributed by atoms with Crippen LogP contribution in [0, 0.1) is 23.7 Å². The molecule has 0 radical (unpaired) electrons. The van der Waals surface area contributed by atoms with Crippen molar-refractivity contribution in [1.82, 2.24) is 5.43 Å². The van der Waals surface area contributed by atoms with Gasteiger partial charge in [0.15, 0.2) is 0 Å². The first kappa shape index (κ1) is 21.5. The van der Waals surface area contributed by atoms with Crippen LogP contribution in [0.3, 0.4) is 0 Å². The highest BCUT2D eigenvalue weighted by Crippen LogP contribution is 2.38. The summed E-state index contributed by atoms with van der Waals surface area (Å²) >= 11 is 0. The highest BCUT2D eigenvalue weighted by Gasteiger charge is 2.34. The monoisotopic (exact) mass is 348 g/mol. The van der Waals surface area contributed by atoms with Crippen LogP contribution in [0.4, 0.5) is 13.2 Å². The number of para-hydroxylation sites is 1. The number of benzene rings is 2. The zero-order chi connectivity index (χ0) is 19.3. The molecule has 0 heterocycles. The third-order valence-electron chi connectivity index (χ3n) is 2.62. The third-order valence-corrected chi connectivity index (χ3v) is 2.62. The van der Waals surface area contributed by atoms with E-state index in [1.807, 2.05) is 0 Å². The SMILES string of the molecule is C#N.C#N.CNN=Cc1ccc(Oc2ccccc2)c(C(F)(F)F)c1. The summed E-state index contributed by atoms with van der Waals surface area (Å²) in [4.78, 5) is 0. The van der Waals surface area contributed by atoms with Crippen molar-refractivity contribution < 1.29 is 17.9 Å². The molecule has 0 aromatic heterocycles. The Labute approximate surface area is 143 Å². The Morgan fingerprint density at radius 3 is 2.16 bits per heavy atom. The van der Waals surface area contributed by atoms with Gasteiger partial charge in [-0.3, -0.25) is 0 Å². The van der Waals surface area contributed by atoms with E-state index in [1.54, 1.807) is 37.4 Å². The van der Waals surface area contributed by atoms with Crippen molar-refractivity contribution in [3.05, 3.63) is 59.7 Å². The Balaban J connectivity index is 0.00000134. The van der Waals surface area contributed by atoms with Gasteiger partial charge in [-0.15, -0.1) is 0 Å². The van der Waals surface area contributed by atoms with E-state index in [9.17, 15) is 13.2 Å². The van der Waals surface area contributed by atoms with Crippen LogP contribution in [-0.4, -0.2) is 13.3 Å². The molecule has 8 heteroatoms. The molecule has 0 bridgehead atoms. The number of alkyl halides is 3. The summed E-state index contributed by atoms with van der Waals surface area (Å²) in [5, 5.41) is 16.7. The van der Waals surface area contributed by atoms with Gasteiger partial charge in [0.05, 0.1) is 11.8 Å². The number of hydrazone groups is 1. The topological polar surface area (TPSA) is 81.2 Å². The fourth-order valence-electron chi connectivity index (χ4n) is 1.69. The first-order chi connectivity index (χ1) is 12.0. The molecular formula is C17H15F3N4O. The predicted molar refractivity (Wildman–Crippen MR) is 88.0 cm³/mol. The van der Waals surface area contributed by atoms with Gasteiger partial charge in [-0.05, 0) is 35.9 Å². The van der Waals surface area contributed by atoms with E-state index >= 15 is 0 Å². The third kappa shape index (κ3) is 7.06. The van der Waals surface area contributed by atoms with Gasteiger partial charge in [0, 0.05) is 20.2 Å². The Kier molecular flexibility index (Phi) is 9.52. The molecule has 130 valence electrons. The van der Waals surface area contributed by atoms with Crippen molar-refractivity contribution in [3.8, 4) is 24.6 Å². The number of nitrogens with one attached hydrogen (secondary N) is 1. The number of hydrogen-bond donors (Lipinski definition) is 1. The van der Waals surface area contributed by atoms with Crippen LogP contribution < -0.4 is 10.2 Å². The maximum Gasteiger partial charge on any atom is 0.420 e. The highest BCUT2D eigenvalue weighted by atomic mass is 19.4. The van der Waals surface area contributed by atoms with Crippen molar-refractivity contribution in [1.29, 1.82) is 10.5 Å². The van der Waals surface area contributed by atoms with Crippen molar-refractivity contribution in [2.75, 3.05) is 7.05 Å². The number of nitrogens with zero attached hydrogens (tertiary/aromatic N) is 3. The summed E-state index contributed by atoms with van der Waals surface area (Å²) in [5.74, 6) is 0.106. The first-order valence-electron chi connectivity index (χ1n) is 6.66. The number of nitriles is 2. The Bertz CT molecular complexity index is 704. The highest BCUT2D eigenvalue weighted by molar-refractivity contribution is 5.80. The molecule has 2 aromatic rings. The van der Waals surface area contributed by atoms with Crippen molar-refractivity contribution in [2.24, 2.45) is 5.10 Å². The standard InChI is InChI=1S/C15H13F3N2O.2CHN/c1-19-20-10-11-7-8-14(13(9-11)15(16,17)18)21-12-5-3-2-4-6-12;2*1-2/h2-10,19H,1H3;2*1H. The molecule has 0 fully saturated rings. The van der Waals surface area contributed by atoms with E-state index in [2.05, 4.69) is 23.7 Å². The summed E-state index contributed by atoms with van der Waals surface area (Å²) in [7, 11) is 1.56. The number of hydrogen-bond acceptors (Lipinski definition) is 5. The smallest absolute Gasteiger partial charge is 0.420 e. The minimum absolute atomic E-state index is 0.240. The molecule has 0 saturated heterocycles. The van der Waals surface area contributed by atoms with Crippen LogP contribution in [0.1, 0.15) is 11.1 Å². The van der Waals surface area contributed by atoms with Crippen LogP contribution in [0.25, 0.3) is 0 Å². The summed E-state index contributed by atoms with van der Waals surface area (Å²) in [6, 6.07) is 12.1. The molecule has 2 aromatic carbocycles. The second kappa shape index (κ2) is 11.1. The van der Waals surface area contributed by atoms with Gasteiger partial charge in [-0.2, -0.15) is 18.3 Å². The molecule has 0 atom stereocenters. The summed E-state index contributed by atoms with van der Waals surface area (Å²) < 4.78 is 44.7. The largest absolute Gasteiger partial charge is 0.457 e. The minimum Gasteiger partial charge on any atom is -0.457 e. The molecule has 25 heavy (non-hydrogen) atoms. The van der Waals surface area contributed by atoms with E-state index in [0.29, 0.717) is 11.3 Å². The molecule has 1 N–H and O–H groups in total. The normalized spacial score (nSPS) is 9.92. The molecule has 0 saturated carbocycles.